The van der Waals surface area contributed by atoms with Crippen molar-refractivity contribution in [1.29, 1.82) is 0 Å². The Morgan fingerprint density at radius 1 is 1.45 bits per heavy atom. The number of halogens is 1. The highest BCUT2D eigenvalue weighted by Crippen LogP contribution is 2.31. The average Bonchev–Trinajstić information content (AvgIpc) is 2.77. The summed E-state index contributed by atoms with van der Waals surface area (Å²) in [4.78, 5) is 23.2. The molecule has 0 fully saturated rings. The summed E-state index contributed by atoms with van der Waals surface area (Å²) < 4.78 is 5.52. The highest BCUT2D eigenvalue weighted by Gasteiger charge is 2.32. The molecule has 1 aliphatic rings. The van der Waals surface area contributed by atoms with Crippen molar-refractivity contribution < 1.29 is 19.4 Å². The molecule has 1 aromatic carbocycles. The fourth-order valence-electron chi connectivity index (χ4n) is 2.12. The number of benzene rings is 1. The summed E-state index contributed by atoms with van der Waals surface area (Å²) in [6.45, 7) is 3.48. The van der Waals surface area contributed by atoms with Gasteiger partial charge in [-0.05, 0) is 29.7 Å². The molecule has 2 rings (SSSR count). The smallest absolute Gasteiger partial charge is 0.326 e. The van der Waals surface area contributed by atoms with Gasteiger partial charge in [-0.25, -0.2) is 4.79 Å². The highest BCUT2D eigenvalue weighted by atomic mass is 35.5. The molecule has 5 nitrogen and oxygen atoms in total. The maximum atomic E-state index is 12.1. The van der Waals surface area contributed by atoms with E-state index in [1.165, 1.54) is 0 Å². The number of carboxylic acids is 1. The van der Waals surface area contributed by atoms with Crippen LogP contribution >= 0.6 is 11.6 Å². The summed E-state index contributed by atoms with van der Waals surface area (Å²) in [5, 5.41) is 12.2. The zero-order valence-corrected chi connectivity index (χ0v) is 12.0. The minimum atomic E-state index is -1.05. The van der Waals surface area contributed by atoms with Crippen molar-refractivity contribution in [3.05, 3.63) is 28.8 Å². The zero-order chi connectivity index (χ0) is 14.9. The molecule has 0 saturated carbocycles. The minimum Gasteiger partial charge on any atom is -0.480 e. The summed E-state index contributed by atoms with van der Waals surface area (Å²) in [6.07, 6.45) is -0.310. The van der Waals surface area contributed by atoms with Crippen LogP contribution in [0.25, 0.3) is 0 Å². The molecule has 0 aliphatic carbocycles. The summed E-state index contributed by atoms with van der Waals surface area (Å²) in [6, 6.07) is 4.23. The maximum absolute atomic E-state index is 12.1. The van der Waals surface area contributed by atoms with Gasteiger partial charge < -0.3 is 15.2 Å². The third-order valence-electron chi connectivity index (χ3n) is 3.22. The maximum Gasteiger partial charge on any atom is 0.326 e. The first kappa shape index (κ1) is 14.7. The van der Waals surface area contributed by atoms with Crippen molar-refractivity contribution >= 4 is 23.5 Å². The molecule has 1 aliphatic heterocycles. The van der Waals surface area contributed by atoms with E-state index >= 15 is 0 Å². The molecular weight excluding hydrogens is 282 g/mol. The molecule has 108 valence electrons. The number of hydrogen-bond acceptors (Lipinski definition) is 3. The number of rotatable bonds is 4. The molecule has 0 radical (unpaired) electrons. The van der Waals surface area contributed by atoms with Crippen LogP contribution in [0.5, 0.6) is 5.75 Å². The number of fused-ring (bicyclic) bond motifs is 1. The molecule has 2 atom stereocenters. The molecule has 0 aromatic heterocycles. The van der Waals surface area contributed by atoms with Crippen LogP contribution in [0.3, 0.4) is 0 Å². The fourth-order valence-corrected chi connectivity index (χ4v) is 2.32. The van der Waals surface area contributed by atoms with E-state index < -0.39 is 24.0 Å². The number of aliphatic carboxylic acids is 1. The van der Waals surface area contributed by atoms with E-state index in [9.17, 15) is 9.59 Å². The quantitative estimate of drug-likeness (QED) is 0.889. The predicted octanol–water partition coefficient (Wildman–Crippen LogP) is 1.87. The molecule has 0 spiro atoms. The van der Waals surface area contributed by atoms with Gasteiger partial charge in [0.2, 0.25) is 0 Å². The normalized spacial score (nSPS) is 18.3. The lowest BCUT2D eigenvalue weighted by Gasteiger charge is -2.20. The first-order valence-corrected chi connectivity index (χ1v) is 6.74. The van der Waals surface area contributed by atoms with Gasteiger partial charge in [-0.15, -0.1) is 0 Å². The molecule has 20 heavy (non-hydrogen) atoms. The van der Waals surface area contributed by atoms with E-state index in [1.54, 1.807) is 32.0 Å². The monoisotopic (exact) mass is 297 g/mol. The number of carboxylic acid groups (broad SMARTS) is 1. The van der Waals surface area contributed by atoms with Crippen LogP contribution < -0.4 is 10.1 Å². The fraction of sp³-hybridized carbons (Fsp3) is 0.429. The van der Waals surface area contributed by atoms with Crippen molar-refractivity contribution in [2.24, 2.45) is 5.92 Å². The van der Waals surface area contributed by atoms with Crippen molar-refractivity contribution in [3.63, 3.8) is 0 Å². The Morgan fingerprint density at radius 2 is 2.15 bits per heavy atom. The third kappa shape index (κ3) is 3.04. The Bertz CT molecular complexity index is 544. The van der Waals surface area contributed by atoms with Gasteiger partial charge in [0, 0.05) is 11.4 Å². The number of ether oxygens (including phenoxy) is 1. The number of nitrogens with one attached hydrogen (secondary N) is 1. The molecule has 1 amide bonds. The van der Waals surface area contributed by atoms with Gasteiger partial charge in [0.05, 0.1) is 0 Å². The Labute approximate surface area is 121 Å². The topological polar surface area (TPSA) is 75.6 Å². The second-order valence-corrected chi connectivity index (χ2v) is 5.57. The van der Waals surface area contributed by atoms with Crippen molar-refractivity contribution in [2.45, 2.75) is 32.4 Å². The third-order valence-corrected chi connectivity index (χ3v) is 3.46. The summed E-state index contributed by atoms with van der Waals surface area (Å²) in [5.74, 6) is -1.05. The SMILES string of the molecule is CC(C)[C@H](NC(=O)[C@@H]1Cc2cc(Cl)ccc2O1)C(=O)O. The Kier molecular flexibility index (Phi) is 4.18. The summed E-state index contributed by atoms with van der Waals surface area (Å²) in [5.41, 5.74) is 0.856. The molecule has 1 heterocycles. The van der Waals surface area contributed by atoms with Gasteiger partial charge in [0.15, 0.2) is 6.10 Å². The zero-order valence-electron chi connectivity index (χ0n) is 11.2. The van der Waals surface area contributed by atoms with Crippen molar-refractivity contribution in [1.82, 2.24) is 5.32 Å². The number of carbonyl (C=O) groups is 2. The molecular formula is C14H16ClNO4. The predicted molar refractivity (Wildman–Crippen MR) is 74.0 cm³/mol. The van der Waals surface area contributed by atoms with Crippen molar-refractivity contribution in [3.8, 4) is 5.75 Å². The first-order chi connectivity index (χ1) is 9.38. The number of carbonyl (C=O) groups excluding carboxylic acids is 1. The molecule has 0 bridgehead atoms. The lowest BCUT2D eigenvalue weighted by Crippen LogP contribution is -2.49. The van der Waals surface area contributed by atoms with Crippen LogP contribution in [0.4, 0.5) is 0 Å². The standard InChI is InChI=1S/C14H16ClNO4/c1-7(2)12(14(18)19)16-13(17)11-6-8-5-9(15)3-4-10(8)20-11/h3-5,7,11-12H,6H2,1-2H3,(H,16,17)(H,18,19)/t11-,12-/m0/s1. The van der Waals surface area contributed by atoms with Gasteiger partial charge in [-0.2, -0.15) is 0 Å². The molecule has 0 saturated heterocycles. The highest BCUT2D eigenvalue weighted by molar-refractivity contribution is 6.30. The van der Waals surface area contributed by atoms with Gasteiger partial charge >= 0.3 is 5.97 Å². The first-order valence-electron chi connectivity index (χ1n) is 6.36. The van der Waals surface area contributed by atoms with Crippen LogP contribution in [0.2, 0.25) is 5.02 Å². The second kappa shape index (κ2) is 5.71. The van der Waals surface area contributed by atoms with Gasteiger partial charge in [-0.1, -0.05) is 25.4 Å². The van der Waals surface area contributed by atoms with E-state index in [-0.39, 0.29) is 5.92 Å². The van der Waals surface area contributed by atoms with E-state index in [0.29, 0.717) is 17.2 Å². The van der Waals surface area contributed by atoms with Crippen LogP contribution in [-0.2, 0) is 16.0 Å². The molecule has 2 N–H and O–H groups in total. The Morgan fingerprint density at radius 3 is 2.75 bits per heavy atom. The molecule has 1 aromatic rings. The largest absolute Gasteiger partial charge is 0.480 e. The van der Waals surface area contributed by atoms with Crippen LogP contribution in [0, 0.1) is 5.92 Å². The molecule has 0 unspecified atom stereocenters. The van der Waals surface area contributed by atoms with Crippen molar-refractivity contribution in [2.75, 3.05) is 0 Å². The lowest BCUT2D eigenvalue weighted by atomic mass is 10.0. The minimum absolute atomic E-state index is 0.199. The van der Waals surface area contributed by atoms with E-state index in [4.69, 9.17) is 21.4 Å². The summed E-state index contributed by atoms with van der Waals surface area (Å²) in [7, 11) is 0. The van der Waals surface area contributed by atoms with Crippen LogP contribution in [0.1, 0.15) is 19.4 Å². The second-order valence-electron chi connectivity index (χ2n) is 5.13. The van der Waals surface area contributed by atoms with E-state index in [0.717, 1.165) is 5.56 Å². The van der Waals surface area contributed by atoms with Gasteiger partial charge in [0.1, 0.15) is 11.8 Å². The summed E-state index contributed by atoms with van der Waals surface area (Å²) >= 11 is 5.88. The number of amides is 1. The van der Waals surface area contributed by atoms with Gasteiger partial charge in [-0.3, -0.25) is 4.79 Å². The van der Waals surface area contributed by atoms with Crippen LogP contribution in [-0.4, -0.2) is 29.1 Å². The lowest BCUT2D eigenvalue weighted by molar-refractivity contribution is -0.144. The Hall–Kier alpha value is -1.75. The van der Waals surface area contributed by atoms with Crippen LogP contribution in [0.15, 0.2) is 18.2 Å². The Balaban J connectivity index is 2.04. The average molecular weight is 298 g/mol. The van der Waals surface area contributed by atoms with Gasteiger partial charge in [0.25, 0.3) is 5.91 Å². The van der Waals surface area contributed by atoms with E-state index in [2.05, 4.69) is 5.32 Å². The molecule has 6 heteroatoms. The van der Waals surface area contributed by atoms with E-state index in [1.807, 2.05) is 0 Å². The number of hydrogen-bond donors (Lipinski definition) is 2.